The van der Waals surface area contributed by atoms with Crippen LogP contribution < -0.4 is 15.4 Å². The number of pyridine rings is 1. The summed E-state index contributed by atoms with van der Waals surface area (Å²) in [6.07, 6.45) is 3.25. The van der Waals surface area contributed by atoms with Crippen LogP contribution in [-0.4, -0.2) is 39.6 Å². The number of amides is 1. The van der Waals surface area contributed by atoms with Gasteiger partial charge in [0.15, 0.2) is 5.82 Å². The molecule has 5 aromatic rings. The molecule has 0 saturated carbocycles. The van der Waals surface area contributed by atoms with Crippen molar-refractivity contribution in [1.29, 1.82) is 0 Å². The van der Waals surface area contributed by atoms with E-state index in [9.17, 15) is 4.79 Å². The molecule has 0 aliphatic heterocycles. The topological polar surface area (TPSA) is 114 Å². The average molecular weight is 495 g/mol. The lowest BCUT2D eigenvalue weighted by Gasteiger charge is -2.12. The highest BCUT2D eigenvalue weighted by Gasteiger charge is 2.11. The number of carbonyl (C=O) groups is 1. The summed E-state index contributed by atoms with van der Waals surface area (Å²) in [6.45, 7) is 3.94. The number of H-pyrrole nitrogens is 1. The lowest BCUT2D eigenvalue weighted by atomic mass is 10.1. The van der Waals surface area contributed by atoms with Crippen LogP contribution in [0.3, 0.4) is 0 Å². The summed E-state index contributed by atoms with van der Waals surface area (Å²) in [5, 5.41) is 6.17. The Bertz CT molecular complexity index is 1550. The number of benzene rings is 2. The fourth-order valence-corrected chi connectivity index (χ4v) is 3.87. The summed E-state index contributed by atoms with van der Waals surface area (Å²) in [6, 6.07) is 19.2. The third kappa shape index (κ3) is 5.57. The zero-order chi connectivity index (χ0) is 25.8. The first kappa shape index (κ1) is 24.0. The number of aryl methyl sites for hydroxylation is 2. The summed E-state index contributed by atoms with van der Waals surface area (Å²) in [5.41, 5.74) is 6.91. The van der Waals surface area contributed by atoms with Crippen LogP contribution >= 0.6 is 0 Å². The van der Waals surface area contributed by atoms with Crippen LogP contribution in [0.5, 0.6) is 11.5 Å². The van der Waals surface area contributed by atoms with Crippen molar-refractivity contribution in [2.75, 3.05) is 24.4 Å². The van der Waals surface area contributed by atoms with E-state index in [0.717, 1.165) is 45.0 Å². The Morgan fingerprint density at radius 3 is 2.49 bits per heavy atom. The van der Waals surface area contributed by atoms with Crippen molar-refractivity contribution < 1.29 is 14.3 Å². The SMILES string of the molecule is COCC(=O)Nc1ccc(-c2cc3ncnc(Nc4ccc(Oc5ccc(C)nc5)c(C)c4)c3[nH]2)cc1. The molecule has 0 spiro atoms. The van der Waals surface area contributed by atoms with Gasteiger partial charge in [-0.15, -0.1) is 0 Å². The summed E-state index contributed by atoms with van der Waals surface area (Å²) in [4.78, 5) is 28.3. The van der Waals surface area contributed by atoms with Crippen molar-refractivity contribution >= 4 is 34.1 Å². The molecule has 3 heterocycles. The van der Waals surface area contributed by atoms with E-state index in [1.807, 2.05) is 74.5 Å². The monoisotopic (exact) mass is 494 g/mol. The molecule has 0 radical (unpaired) electrons. The molecular weight excluding hydrogens is 468 g/mol. The number of fused-ring (bicyclic) bond motifs is 1. The Morgan fingerprint density at radius 1 is 0.946 bits per heavy atom. The molecule has 3 aromatic heterocycles. The predicted molar refractivity (Wildman–Crippen MR) is 143 cm³/mol. The second-order valence-electron chi connectivity index (χ2n) is 8.57. The van der Waals surface area contributed by atoms with Crippen molar-refractivity contribution in [3.63, 3.8) is 0 Å². The Labute approximate surface area is 213 Å². The van der Waals surface area contributed by atoms with Gasteiger partial charge in [0.2, 0.25) is 5.91 Å². The molecule has 3 N–H and O–H groups in total. The van der Waals surface area contributed by atoms with E-state index in [1.165, 1.54) is 13.4 Å². The van der Waals surface area contributed by atoms with Crippen LogP contribution in [0, 0.1) is 13.8 Å². The van der Waals surface area contributed by atoms with Gasteiger partial charge in [0.05, 0.1) is 11.7 Å². The van der Waals surface area contributed by atoms with Crippen LogP contribution in [0.1, 0.15) is 11.3 Å². The molecule has 0 atom stereocenters. The number of nitrogens with one attached hydrogen (secondary N) is 3. The predicted octanol–water partition coefficient (Wildman–Crippen LogP) is 5.76. The van der Waals surface area contributed by atoms with E-state index >= 15 is 0 Å². The highest BCUT2D eigenvalue weighted by atomic mass is 16.5. The van der Waals surface area contributed by atoms with Gasteiger partial charge in [-0.2, -0.15) is 0 Å². The van der Waals surface area contributed by atoms with E-state index in [-0.39, 0.29) is 12.5 Å². The van der Waals surface area contributed by atoms with Crippen LogP contribution in [0.2, 0.25) is 0 Å². The summed E-state index contributed by atoms with van der Waals surface area (Å²) < 4.78 is 10.8. The smallest absolute Gasteiger partial charge is 0.250 e. The number of carbonyl (C=O) groups excluding carboxylic acids is 1. The first-order valence-corrected chi connectivity index (χ1v) is 11.7. The number of aromatic nitrogens is 4. The fraction of sp³-hybridized carbons (Fsp3) is 0.143. The quantitative estimate of drug-likeness (QED) is 0.251. The molecule has 0 aliphatic rings. The highest BCUT2D eigenvalue weighted by molar-refractivity contribution is 5.93. The maximum Gasteiger partial charge on any atom is 0.250 e. The van der Waals surface area contributed by atoms with Crippen LogP contribution in [0.4, 0.5) is 17.2 Å². The van der Waals surface area contributed by atoms with E-state index in [0.29, 0.717) is 17.3 Å². The third-order valence-corrected chi connectivity index (χ3v) is 5.72. The Kier molecular flexibility index (Phi) is 6.78. The molecule has 0 fully saturated rings. The van der Waals surface area contributed by atoms with Crippen molar-refractivity contribution in [3.8, 4) is 22.8 Å². The summed E-state index contributed by atoms with van der Waals surface area (Å²) >= 11 is 0. The van der Waals surface area contributed by atoms with Gasteiger partial charge < -0.3 is 25.1 Å². The number of ether oxygens (including phenoxy) is 2. The van der Waals surface area contributed by atoms with E-state index in [1.54, 1.807) is 6.20 Å². The molecule has 0 aliphatic carbocycles. The maximum absolute atomic E-state index is 11.7. The number of aromatic amines is 1. The number of hydrogen-bond acceptors (Lipinski definition) is 7. The molecule has 0 saturated heterocycles. The minimum absolute atomic E-state index is 0.0116. The van der Waals surface area contributed by atoms with Gasteiger partial charge in [-0.3, -0.25) is 9.78 Å². The minimum Gasteiger partial charge on any atom is -0.455 e. The van der Waals surface area contributed by atoms with Gasteiger partial charge in [-0.25, -0.2) is 9.97 Å². The van der Waals surface area contributed by atoms with E-state index in [4.69, 9.17) is 9.47 Å². The number of anilines is 3. The minimum atomic E-state index is -0.200. The highest BCUT2D eigenvalue weighted by Crippen LogP contribution is 2.31. The van der Waals surface area contributed by atoms with Crippen molar-refractivity contribution in [2.45, 2.75) is 13.8 Å². The molecular formula is C28H26N6O3. The van der Waals surface area contributed by atoms with E-state index < -0.39 is 0 Å². The zero-order valence-electron chi connectivity index (χ0n) is 20.7. The number of methoxy groups -OCH3 is 1. The van der Waals surface area contributed by atoms with Gasteiger partial charge in [-0.05, 0) is 73.5 Å². The molecule has 1 amide bonds. The second kappa shape index (κ2) is 10.5. The van der Waals surface area contributed by atoms with Gasteiger partial charge in [0.1, 0.15) is 29.9 Å². The third-order valence-electron chi connectivity index (χ3n) is 5.72. The standard InChI is InChI=1S/C28H26N6O3/c1-17-12-21(9-11-25(17)37-22-10-4-18(2)29-14-22)33-28-27-24(30-16-31-28)13-23(34-27)19-5-7-20(8-6-19)32-26(35)15-36-3/h4-14,16,34H,15H2,1-3H3,(H,32,35)(H,30,31,33). The van der Waals surface area contributed by atoms with Crippen molar-refractivity contribution in [3.05, 3.63) is 84.4 Å². The Morgan fingerprint density at radius 2 is 1.76 bits per heavy atom. The molecule has 37 heavy (non-hydrogen) atoms. The maximum atomic E-state index is 11.7. The first-order valence-electron chi connectivity index (χ1n) is 11.7. The molecule has 186 valence electrons. The van der Waals surface area contributed by atoms with Crippen LogP contribution in [-0.2, 0) is 9.53 Å². The molecule has 0 bridgehead atoms. The molecule has 9 heteroatoms. The lowest BCUT2D eigenvalue weighted by molar-refractivity contribution is -0.119. The summed E-state index contributed by atoms with van der Waals surface area (Å²) in [5.74, 6) is 1.91. The molecule has 2 aromatic carbocycles. The first-order chi connectivity index (χ1) is 18.0. The van der Waals surface area contributed by atoms with Gasteiger partial charge in [0, 0.05) is 29.9 Å². The van der Waals surface area contributed by atoms with Crippen molar-refractivity contribution in [2.24, 2.45) is 0 Å². The summed E-state index contributed by atoms with van der Waals surface area (Å²) in [7, 11) is 1.49. The van der Waals surface area contributed by atoms with Gasteiger partial charge in [-0.1, -0.05) is 12.1 Å². The normalized spacial score (nSPS) is 10.9. The molecule has 0 unspecified atom stereocenters. The van der Waals surface area contributed by atoms with Gasteiger partial charge in [0.25, 0.3) is 0 Å². The van der Waals surface area contributed by atoms with Gasteiger partial charge >= 0.3 is 0 Å². The molecule has 5 rings (SSSR count). The Balaban J connectivity index is 1.34. The van der Waals surface area contributed by atoms with E-state index in [2.05, 4.69) is 30.6 Å². The van der Waals surface area contributed by atoms with Crippen LogP contribution in [0.15, 0.2) is 73.2 Å². The number of nitrogens with zero attached hydrogens (tertiary/aromatic N) is 3. The number of rotatable bonds is 8. The largest absolute Gasteiger partial charge is 0.455 e. The second-order valence-corrected chi connectivity index (χ2v) is 8.57. The average Bonchev–Trinajstić information content (AvgIpc) is 3.33. The zero-order valence-corrected chi connectivity index (χ0v) is 20.7. The van der Waals surface area contributed by atoms with Crippen LogP contribution in [0.25, 0.3) is 22.3 Å². The number of hydrogen-bond donors (Lipinski definition) is 3. The Hall–Kier alpha value is -4.76. The fourth-order valence-electron chi connectivity index (χ4n) is 3.87. The van der Waals surface area contributed by atoms with Crippen molar-refractivity contribution in [1.82, 2.24) is 19.9 Å². The lowest BCUT2D eigenvalue weighted by Crippen LogP contribution is -2.16. The molecule has 9 nitrogen and oxygen atoms in total.